The predicted octanol–water partition coefficient (Wildman–Crippen LogP) is 4.49. The Kier molecular flexibility index (Phi) is 6.87. The van der Waals surface area contributed by atoms with Crippen molar-refractivity contribution in [3.05, 3.63) is 15.6 Å². The molecule has 1 N–H and O–H groups in total. The van der Waals surface area contributed by atoms with E-state index in [9.17, 15) is 0 Å². The second-order valence-corrected chi connectivity index (χ2v) is 6.34. The van der Waals surface area contributed by atoms with Crippen LogP contribution in [0.15, 0.2) is 0 Å². The van der Waals surface area contributed by atoms with E-state index in [1.54, 1.807) is 0 Å². The Hall–Kier alpha value is -0.410. The molecule has 0 bridgehead atoms. The van der Waals surface area contributed by atoms with Crippen LogP contribution in [0.5, 0.6) is 0 Å². The lowest BCUT2D eigenvalue weighted by Gasteiger charge is -2.23. The highest BCUT2D eigenvalue weighted by molar-refractivity contribution is 7.11. The van der Waals surface area contributed by atoms with Crippen LogP contribution in [-0.2, 0) is 6.42 Å². The van der Waals surface area contributed by atoms with Gasteiger partial charge in [-0.15, -0.1) is 11.3 Å². The average Bonchev–Trinajstić information content (AvgIpc) is 2.71. The Balaban J connectivity index is 2.85. The van der Waals surface area contributed by atoms with E-state index in [4.69, 9.17) is 4.98 Å². The molecule has 0 aliphatic rings. The standard InChI is InChI=1S/C15H28N2S/c1-6-9-11(4)14(16-10-7-2)15-17-13(8-3)12(5)18-15/h11,14,16H,6-10H2,1-5H3. The number of nitrogens with zero attached hydrogens (tertiary/aromatic N) is 1. The van der Waals surface area contributed by atoms with Crippen LogP contribution in [0, 0.1) is 12.8 Å². The average molecular weight is 268 g/mol. The summed E-state index contributed by atoms with van der Waals surface area (Å²) in [5.74, 6) is 0.664. The van der Waals surface area contributed by atoms with E-state index in [1.165, 1.54) is 34.8 Å². The second-order valence-electron chi connectivity index (χ2n) is 5.11. The first-order valence-corrected chi connectivity index (χ1v) is 8.15. The molecular weight excluding hydrogens is 240 g/mol. The molecule has 1 aromatic rings. The van der Waals surface area contributed by atoms with Crippen molar-refractivity contribution in [2.24, 2.45) is 5.92 Å². The van der Waals surface area contributed by atoms with Crippen molar-refractivity contribution in [2.75, 3.05) is 6.54 Å². The van der Waals surface area contributed by atoms with Gasteiger partial charge in [0.25, 0.3) is 0 Å². The van der Waals surface area contributed by atoms with Gasteiger partial charge in [-0.1, -0.05) is 34.1 Å². The van der Waals surface area contributed by atoms with Crippen LogP contribution in [-0.4, -0.2) is 11.5 Å². The third kappa shape index (κ3) is 4.06. The molecule has 0 aromatic carbocycles. The van der Waals surface area contributed by atoms with E-state index < -0.39 is 0 Å². The molecule has 2 unspecified atom stereocenters. The minimum absolute atomic E-state index is 0.439. The van der Waals surface area contributed by atoms with Crippen LogP contribution in [0.4, 0.5) is 0 Å². The zero-order chi connectivity index (χ0) is 13.5. The molecule has 104 valence electrons. The summed E-state index contributed by atoms with van der Waals surface area (Å²) < 4.78 is 0. The van der Waals surface area contributed by atoms with Crippen molar-refractivity contribution in [2.45, 2.75) is 66.3 Å². The molecule has 2 nitrogen and oxygen atoms in total. The maximum absolute atomic E-state index is 4.84. The Morgan fingerprint density at radius 3 is 2.44 bits per heavy atom. The van der Waals surface area contributed by atoms with E-state index >= 15 is 0 Å². The molecule has 0 amide bonds. The molecule has 0 spiro atoms. The fourth-order valence-corrected chi connectivity index (χ4v) is 3.59. The maximum atomic E-state index is 4.84. The zero-order valence-corrected chi connectivity index (χ0v) is 13.4. The number of aryl methyl sites for hydroxylation is 2. The lowest BCUT2D eigenvalue weighted by atomic mass is 9.97. The summed E-state index contributed by atoms with van der Waals surface area (Å²) in [6.07, 6.45) is 4.74. The quantitative estimate of drug-likeness (QED) is 0.751. The van der Waals surface area contributed by atoms with Crippen LogP contribution < -0.4 is 5.32 Å². The summed E-state index contributed by atoms with van der Waals surface area (Å²) in [7, 11) is 0. The second kappa shape index (κ2) is 7.90. The smallest absolute Gasteiger partial charge is 0.110 e. The van der Waals surface area contributed by atoms with Crippen LogP contribution in [0.1, 0.15) is 68.6 Å². The highest BCUT2D eigenvalue weighted by Gasteiger charge is 2.22. The molecule has 3 heteroatoms. The lowest BCUT2D eigenvalue weighted by Crippen LogP contribution is -2.27. The lowest BCUT2D eigenvalue weighted by molar-refractivity contribution is 0.362. The molecule has 0 saturated carbocycles. The summed E-state index contributed by atoms with van der Waals surface area (Å²) in [5, 5.41) is 4.97. The van der Waals surface area contributed by atoms with Gasteiger partial charge in [0.15, 0.2) is 0 Å². The summed E-state index contributed by atoms with van der Waals surface area (Å²) in [5.41, 5.74) is 1.28. The third-order valence-electron chi connectivity index (χ3n) is 3.44. The summed E-state index contributed by atoms with van der Waals surface area (Å²) in [6, 6.07) is 0.439. The Labute approximate surface area is 116 Å². The van der Waals surface area contributed by atoms with Crippen molar-refractivity contribution >= 4 is 11.3 Å². The van der Waals surface area contributed by atoms with Gasteiger partial charge in [-0.25, -0.2) is 4.98 Å². The largest absolute Gasteiger partial charge is 0.308 e. The van der Waals surface area contributed by atoms with Crippen molar-refractivity contribution in [3.63, 3.8) is 0 Å². The normalized spacial score (nSPS) is 14.7. The number of aromatic nitrogens is 1. The minimum atomic E-state index is 0.439. The molecule has 0 saturated heterocycles. The van der Waals surface area contributed by atoms with E-state index in [-0.39, 0.29) is 0 Å². The highest BCUT2D eigenvalue weighted by Crippen LogP contribution is 2.30. The molecule has 1 heterocycles. The molecule has 0 aliphatic heterocycles. The van der Waals surface area contributed by atoms with E-state index in [0.29, 0.717) is 12.0 Å². The summed E-state index contributed by atoms with van der Waals surface area (Å²) >= 11 is 1.88. The van der Waals surface area contributed by atoms with Gasteiger partial charge in [-0.05, 0) is 38.6 Å². The first-order valence-electron chi connectivity index (χ1n) is 7.33. The topological polar surface area (TPSA) is 24.9 Å². The SMILES string of the molecule is CCCNC(c1nc(CC)c(C)s1)C(C)CCC. The van der Waals surface area contributed by atoms with Gasteiger partial charge in [0.2, 0.25) is 0 Å². The molecule has 2 atom stereocenters. The van der Waals surface area contributed by atoms with Gasteiger partial charge in [0.1, 0.15) is 5.01 Å². The van der Waals surface area contributed by atoms with Crippen molar-refractivity contribution < 1.29 is 0 Å². The van der Waals surface area contributed by atoms with Crippen molar-refractivity contribution in [1.82, 2.24) is 10.3 Å². The van der Waals surface area contributed by atoms with Crippen LogP contribution in [0.3, 0.4) is 0 Å². The fourth-order valence-electron chi connectivity index (χ4n) is 2.37. The van der Waals surface area contributed by atoms with Gasteiger partial charge in [-0.2, -0.15) is 0 Å². The van der Waals surface area contributed by atoms with E-state index in [0.717, 1.165) is 13.0 Å². The number of thiazole rings is 1. The molecule has 18 heavy (non-hydrogen) atoms. The third-order valence-corrected chi connectivity index (χ3v) is 4.53. The number of nitrogens with one attached hydrogen (secondary N) is 1. The molecule has 0 radical (unpaired) electrons. The van der Waals surface area contributed by atoms with Gasteiger partial charge < -0.3 is 5.32 Å². The van der Waals surface area contributed by atoms with Gasteiger partial charge in [-0.3, -0.25) is 0 Å². The van der Waals surface area contributed by atoms with E-state index in [2.05, 4.69) is 39.9 Å². The van der Waals surface area contributed by atoms with Gasteiger partial charge >= 0.3 is 0 Å². The number of hydrogen-bond acceptors (Lipinski definition) is 3. The van der Waals surface area contributed by atoms with Crippen molar-refractivity contribution in [3.8, 4) is 0 Å². The monoisotopic (exact) mass is 268 g/mol. The Bertz CT molecular complexity index is 346. The highest BCUT2D eigenvalue weighted by atomic mass is 32.1. The van der Waals surface area contributed by atoms with E-state index in [1.807, 2.05) is 11.3 Å². The van der Waals surface area contributed by atoms with Crippen LogP contribution >= 0.6 is 11.3 Å². The van der Waals surface area contributed by atoms with Gasteiger partial charge in [0.05, 0.1) is 11.7 Å². The molecule has 1 aromatic heterocycles. The minimum Gasteiger partial charge on any atom is -0.308 e. The van der Waals surface area contributed by atoms with Crippen LogP contribution in [0.2, 0.25) is 0 Å². The molecular formula is C15H28N2S. The predicted molar refractivity (Wildman–Crippen MR) is 81.3 cm³/mol. The van der Waals surface area contributed by atoms with Gasteiger partial charge in [0, 0.05) is 4.88 Å². The van der Waals surface area contributed by atoms with Crippen LogP contribution in [0.25, 0.3) is 0 Å². The first-order chi connectivity index (χ1) is 8.63. The fraction of sp³-hybridized carbons (Fsp3) is 0.800. The maximum Gasteiger partial charge on any atom is 0.110 e. The zero-order valence-electron chi connectivity index (χ0n) is 12.5. The molecule has 0 aliphatic carbocycles. The Morgan fingerprint density at radius 1 is 1.22 bits per heavy atom. The molecule has 0 fully saturated rings. The Morgan fingerprint density at radius 2 is 1.94 bits per heavy atom. The summed E-state index contributed by atoms with van der Waals surface area (Å²) in [4.78, 5) is 6.23. The molecule has 1 rings (SSSR count). The van der Waals surface area contributed by atoms with Crippen molar-refractivity contribution in [1.29, 1.82) is 0 Å². The number of rotatable bonds is 8. The number of hydrogen-bond donors (Lipinski definition) is 1. The summed E-state index contributed by atoms with van der Waals surface area (Å²) in [6.45, 7) is 12.3. The first kappa shape index (κ1) is 15.6.